The largest absolute Gasteiger partial charge is 0.380 e. The van der Waals surface area contributed by atoms with Crippen LogP contribution < -0.4 is 0 Å². The van der Waals surface area contributed by atoms with Gasteiger partial charge in [-0.3, -0.25) is 0 Å². The van der Waals surface area contributed by atoms with E-state index in [2.05, 4.69) is 25.3 Å². The van der Waals surface area contributed by atoms with Crippen molar-refractivity contribution in [1.29, 1.82) is 0 Å². The molecular formula is C11H18O. The highest BCUT2D eigenvalue weighted by Gasteiger charge is 2.09. The summed E-state index contributed by atoms with van der Waals surface area (Å²) in [6.45, 7) is 9.61. The molecule has 1 heteroatoms. The highest BCUT2D eigenvalue weighted by Crippen LogP contribution is 2.09. The van der Waals surface area contributed by atoms with Gasteiger partial charge in [0.15, 0.2) is 0 Å². The summed E-state index contributed by atoms with van der Waals surface area (Å²) in [7, 11) is 0. The Morgan fingerprint density at radius 1 is 1.58 bits per heavy atom. The van der Waals surface area contributed by atoms with Gasteiger partial charge < -0.3 is 5.11 Å². The quantitative estimate of drug-likeness (QED) is 0.638. The molecule has 0 saturated carbocycles. The second kappa shape index (κ2) is 5.85. The van der Waals surface area contributed by atoms with Gasteiger partial charge >= 0.3 is 0 Å². The van der Waals surface area contributed by atoms with Gasteiger partial charge in [-0.15, -0.1) is 0 Å². The van der Waals surface area contributed by atoms with Crippen molar-refractivity contribution in [1.82, 2.24) is 0 Å². The minimum Gasteiger partial charge on any atom is -0.380 e. The smallest absolute Gasteiger partial charge is 0.117 e. The highest BCUT2D eigenvalue weighted by atomic mass is 16.3. The van der Waals surface area contributed by atoms with Crippen molar-refractivity contribution in [3.05, 3.63) is 12.2 Å². The predicted molar refractivity (Wildman–Crippen MR) is 52.7 cm³/mol. The Morgan fingerprint density at radius 2 is 2.17 bits per heavy atom. The maximum absolute atomic E-state index is 9.48. The standard InChI is InChI=1S/C11H18O/c1-5-6-10(4)11(12)8-7-9(2)3/h10-12H,2,5-6H2,1,3-4H3. The summed E-state index contributed by atoms with van der Waals surface area (Å²) in [5, 5.41) is 9.48. The third-order valence-electron chi connectivity index (χ3n) is 1.72. The number of aliphatic hydroxyl groups is 1. The average molecular weight is 166 g/mol. The highest BCUT2D eigenvalue weighted by molar-refractivity contribution is 5.24. The fourth-order valence-corrected chi connectivity index (χ4v) is 0.953. The maximum Gasteiger partial charge on any atom is 0.117 e. The van der Waals surface area contributed by atoms with E-state index in [1.807, 2.05) is 13.8 Å². The molecule has 0 amide bonds. The molecule has 0 aliphatic heterocycles. The summed E-state index contributed by atoms with van der Waals surface area (Å²) in [5.41, 5.74) is 0.803. The van der Waals surface area contributed by atoms with Crippen LogP contribution in [0.1, 0.15) is 33.6 Å². The van der Waals surface area contributed by atoms with Crippen LogP contribution in [0.3, 0.4) is 0 Å². The van der Waals surface area contributed by atoms with E-state index >= 15 is 0 Å². The van der Waals surface area contributed by atoms with Crippen molar-refractivity contribution >= 4 is 0 Å². The molecule has 0 radical (unpaired) electrons. The van der Waals surface area contributed by atoms with Crippen LogP contribution in [0.2, 0.25) is 0 Å². The third kappa shape index (κ3) is 4.98. The number of hydrogen-bond donors (Lipinski definition) is 1. The molecule has 0 aliphatic rings. The van der Waals surface area contributed by atoms with Crippen molar-refractivity contribution < 1.29 is 5.11 Å². The molecule has 2 unspecified atom stereocenters. The van der Waals surface area contributed by atoms with E-state index in [9.17, 15) is 5.11 Å². The molecule has 1 nitrogen and oxygen atoms in total. The van der Waals surface area contributed by atoms with Crippen molar-refractivity contribution in [2.45, 2.75) is 39.7 Å². The number of aliphatic hydroxyl groups excluding tert-OH is 1. The fraction of sp³-hybridized carbons (Fsp3) is 0.636. The Balaban J connectivity index is 3.96. The van der Waals surface area contributed by atoms with E-state index < -0.39 is 6.10 Å². The van der Waals surface area contributed by atoms with Crippen LogP contribution in [0.25, 0.3) is 0 Å². The lowest BCUT2D eigenvalue weighted by atomic mass is 10.00. The van der Waals surface area contributed by atoms with Crippen LogP contribution in [-0.4, -0.2) is 11.2 Å². The summed E-state index contributed by atoms with van der Waals surface area (Å²) >= 11 is 0. The molecule has 0 bridgehead atoms. The first kappa shape index (κ1) is 11.3. The number of allylic oxidation sites excluding steroid dienone is 1. The first-order valence-electron chi connectivity index (χ1n) is 4.43. The molecule has 0 aliphatic carbocycles. The van der Waals surface area contributed by atoms with Gasteiger partial charge in [-0.25, -0.2) is 0 Å². The molecule has 0 aromatic carbocycles. The molecule has 0 fully saturated rings. The molecule has 2 atom stereocenters. The van der Waals surface area contributed by atoms with Crippen LogP contribution in [0, 0.1) is 17.8 Å². The summed E-state index contributed by atoms with van der Waals surface area (Å²) < 4.78 is 0. The zero-order valence-electron chi connectivity index (χ0n) is 8.22. The SMILES string of the molecule is C=C(C)C#CC(O)C(C)CCC. The van der Waals surface area contributed by atoms with E-state index in [0.29, 0.717) is 0 Å². The first-order valence-corrected chi connectivity index (χ1v) is 4.43. The van der Waals surface area contributed by atoms with E-state index in [4.69, 9.17) is 0 Å². The molecule has 0 aromatic rings. The van der Waals surface area contributed by atoms with Crippen molar-refractivity contribution in [3.8, 4) is 11.8 Å². The van der Waals surface area contributed by atoms with Crippen LogP contribution in [0.4, 0.5) is 0 Å². The van der Waals surface area contributed by atoms with Gasteiger partial charge in [0.2, 0.25) is 0 Å². The maximum atomic E-state index is 9.48. The Hall–Kier alpha value is -0.740. The number of hydrogen-bond acceptors (Lipinski definition) is 1. The van der Waals surface area contributed by atoms with Crippen LogP contribution in [0.15, 0.2) is 12.2 Å². The zero-order valence-corrected chi connectivity index (χ0v) is 8.22. The van der Waals surface area contributed by atoms with Gasteiger partial charge in [-0.1, -0.05) is 38.7 Å². The van der Waals surface area contributed by atoms with E-state index in [1.165, 1.54) is 0 Å². The first-order chi connectivity index (χ1) is 5.57. The minimum absolute atomic E-state index is 0.266. The van der Waals surface area contributed by atoms with Gasteiger partial charge in [0.05, 0.1) is 0 Å². The minimum atomic E-state index is -0.498. The van der Waals surface area contributed by atoms with Gasteiger partial charge in [-0.05, 0) is 24.8 Å². The van der Waals surface area contributed by atoms with Crippen molar-refractivity contribution in [3.63, 3.8) is 0 Å². The normalized spacial score (nSPS) is 14.3. The molecular weight excluding hydrogens is 148 g/mol. The Bertz CT molecular complexity index is 195. The summed E-state index contributed by atoms with van der Waals surface area (Å²) in [4.78, 5) is 0. The Labute approximate surface area is 75.5 Å². The Morgan fingerprint density at radius 3 is 2.58 bits per heavy atom. The molecule has 0 rings (SSSR count). The lowest BCUT2D eigenvalue weighted by molar-refractivity contribution is 0.165. The van der Waals surface area contributed by atoms with Crippen LogP contribution in [-0.2, 0) is 0 Å². The molecule has 68 valence electrons. The zero-order chi connectivity index (χ0) is 9.56. The number of rotatable bonds is 3. The van der Waals surface area contributed by atoms with Gasteiger partial charge in [-0.2, -0.15) is 0 Å². The Kier molecular flexibility index (Phi) is 5.49. The third-order valence-corrected chi connectivity index (χ3v) is 1.72. The predicted octanol–water partition coefficient (Wildman–Crippen LogP) is 2.36. The monoisotopic (exact) mass is 166 g/mol. The molecule has 12 heavy (non-hydrogen) atoms. The summed E-state index contributed by atoms with van der Waals surface area (Å²) in [6.07, 6.45) is 1.61. The topological polar surface area (TPSA) is 20.2 Å². The fourth-order valence-electron chi connectivity index (χ4n) is 0.953. The second-order valence-corrected chi connectivity index (χ2v) is 3.26. The molecule has 0 aromatic heterocycles. The lowest BCUT2D eigenvalue weighted by Crippen LogP contribution is -2.14. The van der Waals surface area contributed by atoms with Crippen molar-refractivity contribution in [2.24, 2.45) is 5.92 Å². The van der Waals surface area contributed by atoms with E-state index in [1.54, 1.807) is 0 Å². The average Bonchev–Trinajstić information content (AvgIpc) is 2.00. The lowest BCUT2D eigenvalue weighted by Gasteiger charge is -2.11. The molecule has 0 heterocycles. The van der Waals surface area contributed by atoms with Crippen LogP contribution in [0.5, 0.6) is 0 Å². The molecule has 1 N–H and O–H groups in total. The van der Waals surface area contributed by atoms with E-state index in [-0.39, 0.29) is 5.92 Å². The van der Waals surface area contributed by atoms with E-state index in [0.717, 1.165) is 18.4 Å². The van der Waals surface area contributed by atoms with Gasteiger partial charge in [0, 0.05) is 0 Å². The summed E-state index contributed by atoms with van der Waals surface area (Å²) in [5.74, 6) is 5.83. The van der Waals surface area contributed by atoms with Crippen LogP contribution >= 0.6 is 0 Å². The van der Waals surface area contributed by atoms with Crippen molar-refractivity contribution in [2.75, 3.05) is 0 Å². The molecule has 0 saturated heterocycles. The van der Waals surface area contributed by atoms with Gasteiger partial charge in [0.25, 0.3) is 0 Å². The second-order valence-electron chi connectivity index (χ2n) is 3.26. The summed E-state index contributed by atoms with van der Waals surface area (Å²) in [6, 6.07) is 0. The molecule has 0 spiro atoms. The van der Waals surface area contributed by atoms with Gasteiger partial charge in [0.1, 0.15) is 6.10 Å².